The Bertz CT molecular complexity index is 1140. The van der Waals surface area contributed by atoms with Crippen LogP contribution in [0.1, 0.15) is 103 Å². The van der Waals surface area contributed by atoms with Crippen molar-refractivity contribution in [1.82, 2.24) is 14.5 Å². The predicted octanol–water partition coefficient (Wildman–Crippen LogP) is 7.61. The third-order valence-electron chi connectivity index (χ3n) is 7.03. The van der Waals surface area contributed by atoms with Crippen LogP contribution in [0.2, 0.25) is 0 Å². The number of aromatic nitrogens is 2. The molecular weight excluding hydrogens is 446 g/mol. The minimum atomic E-state index is -0.265. The summed E-state index contributed by atoms with van der Waals surface area (Å²) in [4.78, 5) is 33.9. The maximum absolute atomic E-state index is 13.6. The largest absolute Gasteiger partial charge is 0.333 e. The summed E-state index contributed by atoms with van der Waals surface area (Å²) in [5, 5.41) is 0.587. The zero-order chi connectivity index (χ0) is 25.8. The second-order valence-corrected chi connectivity index (χ2v) is 9.65. The van der Waals surface area contributed by atoms with Gasteiger partial charge < -0.3 is 4.90 Å². The molecule has 0 aliphatic carbocycles. The Morgan fingerprint density at radius 2 is 1.44 bits per heavy atom. The van der Waals surface area contributed by atoms with Crippen molar-refractivity contribution in [2.45, 2.75) is 97.4 Å². The lowest BCUT2D eigenvalue weighted by Crippen LogP contribution is -2.38. The van der Waals surface area contributed by atoms with E-state index in [4.69, 9.17) is 4.98 Å². The SMILES string of the molecule is CCCCCCCCCCCC(=O)N(CC)C(CC)c1nc2ccccc2c(=O)n1-c1ccccc1. The lowest BCUT2D eigenvalue weighted by molar-refractivity contribution is -0.133. The van der Waals surface area contributed by atoms with Gasteiger partial charge in [-0.25, -0.2) is 4.98 Å². The molecule has 0 aliphatic heterocycles. The van der Waals surface area contributed by atoms with Gasteiger partial charge in [0.25, 0.3) is 5.56 Å². The van der Waals surface area contributed by atoms with Gasteiger partial charge in [0, 0.05) is 13.0 Å². The molecule has 1 amide bonds. The van der Waals surface area contributed by atoms with Crippen LogP contribution in [0.25, 0.3) is 16.6 Å². The number of hydrogen-bond acceptors (Lipinski definition) is 3. The molecule has 0 N–H and O–H groups in total. The maximum Gasteiger partial charge on any atom is 0.266 e. The van der Waals surface area contributed by atoms with E-state index >= 15 is 0 Å². The van der Waals surface area contributed by atoms with E-state index in [1.54, 1.807) is 4.57 Å². The second kappa shape index (κ2) is 14.6. The molecule has 1 heterocycles. The van der Waals surface area contributed by atoms with E-state index in [2.05, 4.69) is 13.8 Å². The highest BCUT2D eigenvalue weighted by Crippen LogP contribution is 2.27. The predicted molar refractivity (Wildman–Crippen MR) is 150 cm³/mol. The van der Waals surface area contributed by atoms with E-state index in [9.17, 15) is 9.59 Å². The average Bonchev–Trinajstić information content (AvgIpc) is 2.91. The lowest BCUT2D eigenvalue weighted by Gasteiger charge is -2.31. The molecule has 0 fully saturated rings. The third-order valence-corrected chi connectivity index (χ3v) is 7.03. The summed E-state index contributed by atoms with van der Waals surface area (Å²) in [5.74, 6) is 0.781. The first kappa shape index (κ1) is 27.6. The molecule has 0 bridgehead atoms. The summed E-state index contributed by atoms with van der Waals surface area (Å²) in [7, 11) is 0. The Kier molecular flexibility index (Phi) is 11.2. The first-order valence-electron chi connectivity index (χ1n) is 14.0. The first-order valence-corrected chi connectivity index (χ1v) is 14.0. The number of unbranched alkanes of at least 4 members (excludes halogenated alkanes) is 8. The van der Waals surface area contributed by atoms with E-state index in [1.807, 2.05) is 66.4 Å². The van der Waals surface area contributed by atoms with Crippen molar-refractivity contribution in [3.05, 3.63) is 70.8 Å². The van der Waals surface area contributed by atoms with Crippen LogP contribution in [0, 0.1) is 0 Å². The summed E-state index contributed by atoms with van der Waals surface area (Å²) in [5.41, 5.74) is 1.35. The normalized spacial score (nSPS) is 12.1. The van der Waals surface area contributed by atoms with Crippen LogP contribution in [0.5, 0.6) is 0 Å². The molecule has 0 spiro atoms. The molecule has 3 rings (SSSR count). The van der Waals surface area contributed by atoms with Crippen molar-refractivity contribution in [2.24, 2.45) is 0 Å². The number of carbonyl (C=O) groups excluding carboxylic acids is 1. The van der Waals surface area contributed by atoms with Crippen molar-refractivity contribution in [3.63, 3.8) is 0 Å². The molecule has 1 aromatic heterocycles. The number of benzene rings is 2. The molecule has 5 heteroatoms. The average molecular weight is 490 g/mol. The van der Waals surface area contributed by atoms with E-state index in [1.165, 1.54) is 44.9 Å². The summed E-state index contributed by atoms with van der Waals surface area (Å²) in [6.07, 6.45) is 12.3. The van der Waals surface area contributed by atoms with Crippen molar-refractivity contribution >= 4 is 16.8 Å². The summed E-state index contributed by atoms with van der Waals surface area (Å²) in [6, 6.07) is 16.8. The van der Waals surface area contributed by atoms with E-state index in [-0.39, 0.29) is 17.5 Å². The number of carbonyl (C=O) groups is 1. The number of rotatable bonds is 15. The van der Waals surface area contributed by atoms with Crippen LogP contribution in [-0.4, -0.2) is 26.9 Å². The van der Waals surface area contributed by atoms with Gasteiger partial charge in [0.05, 0.1) is 22.6 Å². The third kappa shape index (κ3) is 7.05. The monoisotopic (exact) mass is 489 g/mol. The van der Waals surface area contributed by atoms with Crippen LogP contribution < -0.4 is 5.56 Å². The summed E-state index contributed by atoms with van der Waals surface area (Å²) in [6.45, 7) is 6.92. The topological polar surface area (TPSA) is 55.2 Å². The van der Waals surface area contributed by atoms with Gasteiger partial charge in [0.1, 0.15) is 5.82 Å². The minimum Gasteiger partial charge on any atom is -0.333 e. The van der Waals surface area contributed by atoms with Gasteiger partial charge in [0.15, 0.2) is 0 Å². The molecular formula is C31H43N3O2. The molecule has 1 atom stereocenters. The highest BCUT2D eigenvalue weighted by atomic mass is 16.2. The number of nitrogens with zero attached hydrogens (tertiary/aromatic N) is 3. The number of hydrogen-bond donors (Lipinski definition) is 0. The lowest BCUT2D eigenvalue weighted by atomic mass is 10.1. The van der Waals surface area contributed by atoms with Gasteiger partial charge in [-0.2, -0.15) is 0 Å². The summed E-state index contributed by atoms with van der Waals surface area (Å²) >= 11 is 0. The Labute approximate surface area is 216 Å². The number of amides is 1. The van der Waals surface area contributed by atoms with Crippen molar-refractivity contribution in [1.29, 1.82) is 0 Å². The number of fused-ring (bicyclic) bond motifs is 1. The Morgan fingerprint density at radius 3 is 2.08 bits per heavy atom. The fraction of sp³-hybridized carbons (Fsp3) is 0.516. The maximum atomic E-state index is 13.6. The molecule has 1 unspecified atom stereocenters. The van der Waals surface area contributed by atoms with Gasteiger partial charge in [-0.1, -0.05) is 95.5 Å². The Hall–Kier alpha value is -2.95. The highest BCUT2D eigenvalue weighted by molar-refractivity contribution is 5.79. The second-order valence-electron chi connectivity index (χ2n) is 9.65. The molecule has 5 nitrogen and oxygen atoms in total. The van der Waals surface area contributed by atoms with Gasteiger partial charge in [-0.3, -0.25) is 14.2 Å². The van der Waals surface area contributed by atoms with Gasteiger partial charge in [-0.05, 0) is 44.0 Å². The first-order chi connectivity index (χ1) is 17.6. The van der Waals surface area contributed by atoms with E-state index in [0.29, 0.717) is 36.1 Å². The van der Waals surface area contributed by atoms with Gasteiger partial charge in [0.2, 0.25) is 5.91 Å². The van der Waals surface area contributed by atoms with Crippen molar-refractivity contribution in [2.75, 3.05) is 6.54 Å². The van der Waals surface area contributed by atoms with Gasteiger partial charge in [-0.15, -0.1) is 0 Å². The zero-order valence-electron chi connectivity index (χ0n) is 22.4. The fourth-order valence-corrected chi connectivity index (χ4v) is 5.04. The van der Waals surface area contributed by atoms with Crippen molar-refractivity contribution in [3.8, 4) is 5.69 Å². The van der Waals surface area contributed by atoms with E-state index < -0.39 is 0 Å². The van der Waals surface area contributed by atoms with Crippen LogP contribution in [-0.2, 0) is 4.79 Å². The fourth-order valence-electron chi connectivity index (χ4n) is 5.04. The van der Waals surface area contributed by atoms with Crippen molar-refractivity contribution < 1.29 is 4.79 Å². The molecule has 36 heavy (non-hydrogen) atoms. The molecule has 2 aromatic carbocycles. The highest BCUT2D eigenvalue weighted by Gasteiger charge is 2.27. The number of para-hydroxylation sites is 2. The van der Waals surface area contributed by atoms with E-state index in [0.717, 1.165) is 18.5 Å². The van der Waals surface area contributed by atoms with Crippen LogP contribution in [0.4, 0.5) is 0 Å². The van der Waals surface area contributed by atoms with Crippen LogP contribution in [0.15, 0.2) is 59.4 Å². The van der Waals surface area contributed by atoms with Gasteiger partial charge >= 0.3 is 0 Å². The molecule has 0 saturated carbocycles. The molecule has 0 aliphatic rings. The molecule has 0 saturated heterocycles. The smallest absolute Gasteiger partial charge is 0.266 e. The molecule has 3 aromatic rings. The zero-order valence-corrected chi connectivity index (χ0v) is 22.4. The summed E-state index contributed by atoms with van der Waals surface area (Å²) < 4.78 is 1.70. The Balaban J connectivity index is 1.77. The molecule has 0 radical (unpaired) electrons. The molecule has 194 valence electrons. The Morgan fingerprint density at radius 1 is 0.833 bits per heavy atom. The van der Waals surface area contributed by atoms with Crippen LogP contribution >= 0.6 is 0 Å². The quantitative estimate of drug-likeness (QED) is 0.206. The van der Waals surface area contributed by atoms with Crippen LogP contribution in [0.3, 0.4) is 0 Å². The minimum absolute atomic E-state index is 0.0947. The standard InChI is InChI=1S/C31H43N3O2/c1-4-7-8-9-10-11-12-13-17-24-29(35)33(6-3)28(5-2)30-32-27-23-19-18-22-26(27)31(36)34(30)25-20-15-14-16-21-25/h14-16,18-23,28H,4-13,17,24H2,1-3H3.